The number of aromatic nitrogens is 2. The molecule has 30 heavy (non-hydrogen) atoms. The van der Waals surface area contributed by atoms with Gasteiger partial charge in [-0.3, -0.25) is 0 Å². The Kier molecular flexibility index (Phi) is 7.89. The molecule has 0 aliphatic carbocycles. The summed E-state index contributed by atoms with van der Waals surface area (Å²) in [6.45, 7) is 6.72. The number of carbonyl (C=O) groups is 1. The first-order valence-corrected chi connectivity index (χ1v) is 10.5. The third kappa shape index (κ3) is 6.37. The Morgan fingerprint density at radius 3 is 2.43 bits per heavy atom. The molecule has 0 radical (unpaired) electrons. The van der Waals surface area contributed by atoms with Crippen molar-refractivity contribution in [2.24, 2.45) is 0 Å². The van der Waals surface area contributed by atoms with Gasteiger partial charge in [0.05, 0.1) is 12.9 Å². The lowest BCUT2D eigenvalue weighted by Gasteiger charge is -2.23. The molecule has 0 bridgehead atoms. The van der Waals surface area contributed by atoms with E-state index in [9.17, 15) is 4.79 Å². The lowest BCUT2D eigenvalue weighted by molar-refractivity contribution is 0.207. The predicted octanol–water partition coefficient (Wildman–Crippen LogP) is 4.97. The van der Waals surface area contributed by atoms with Crippen LogP contribution < -0.4 is 10.1 Å². The smallest absolute Gasteiger partial charge is 0.322 e. The molecule has 6 heteroatoms. The number of aryl methyl sites for hydroxylation is 2. The molecular formula is C24H30N4O2. The van der Waals surface area contributed by atoms with Crippen molar-refractivity contribution in [3.05, 3.63) is 78.4 Å². The van der Waals surface area contributed by atoms with Gasteiger partial charge in [0.2, 0.25) is 0 Å². The molecule has 0 atom stereocenters. The summed E-state index contributed by atoms with van der Waals surface area (Å²) in [6.07, 6.45) is 7.32. The minimum atomic E-state index is -0.0984. The average molecular weight is 407 g/mol. The van der Waals surface area contributed by atoms with Crippen molar-refractivity contribution < 1.29 is 9.53 Å². The molecule has 0 spiro atoms. The van der Waals surface area contributed by atoms with Crippen LogP contribution in [-0.4, -0.2) is 33.6 Å². The van der Waals surface area contributed by atoms with Crippen LogP contribution in [0.15, 0.2) is 67.3 Å². The van der Waals surface area contributed by atoms with E-state index in [1.165, 1.54) is 5.56 Å². The van der Waals surface area contributed by atoms with E-state index in [0.29, 0.717) is 19.7 Å². The van der Waals surface area contributed by atoms with Crippen molar-refractivity contribution in [3.8, 4) is 5.75 Å². The molecule has 1 aromatic heterocycles. The second-order valence-corrected chi connectivity index (χ2v) is 7.13. The number of hydrogen-bond donors (Lipinski definition) is 1. The van der Waals surface area contributed by atoms with Crippen LogP contribution in [0.3, 0.4) is 0 Å². The number of nitrogens with zero attached hydrogens (tertiary/aromatic N) is 3. The molecule has 3 rings (SSSR count). The summed E-state index contributed by atoms with van der Waals surface area (Å²) in [6, 6.07) is 15.8. The number of imidazole rings is 1. The van der Waals surface area contributed by atoms with Crippen LogP contribution in [0.25, 0.3) is 0 Å². The maximum Gasteiger partial charge on any atom is 0.322 e. The normalized spacial score (nSPS) is 10.6. The van der Waals surface area contributed by atoms with Crippen molar-refractivity contribution in [1.29, 1.82) is 0 Å². The van der Waals surface area contributed by atoms with Gasteiger partial charge in [0.1, 0.15) is 5.75 Å². The number of hydrogen-bond acceptors (Lipinski definition) is 3. The minimum Gasteiger partial charge on any atom is -0.494 e. The van der Waals surface area contributed by atoms with E-state index in [1.807, 2.05) is 71.1 Å². The van der Waals surface area contributed by atoms with E-state index >= 15 is 0 Å². The minimum absolute atomic E-state index is 0.0984. The van der Waals surface area contributed by atoms with Crippen molar-refractivity contribution in [3.63, 3.8) is 0 Å². The van der Waals surface area contributed by atoms with Gasteiger partial charge in [0.25, 0.3) is 0 Å². The summed E-state index contributed by atoms with van der Waals surface area (Å²) in [5.74, 6) is 0.841. The number of benzene rings is 2. The van der Waals surface area contributed by atoms with Crippen LogP contribution in [0, 0.1) is 0 Å². The highest BCUT2D eigenvalue weighted by Crippen LogP contribution is 2.16. The number of rotatable bonds is 10. The maximum absolute atomic E-state index is 13.0. The fourth-order valence-electron chi connectivity index (χ4n) is 3.22. The number of urea groups is 1. The number of amides is 2. The van der Waals surface area contributed by atoms with Crippen LogP contribution in [0.5, 0.6) is 5.75 Å². The zero-order valence-corrected chi connectivity index (χ0v) is 17.8. The summed E-state index contributed by atoms with van der Waals surface area (Å²) in [5, 5.41) is 3.03. The van der Waals surface area contributed by atoms with Crippen molar-refractivity contribution in [2.45, 2.75) is 39.8 Å². The molecule has 0 saturated carbocycles. The largest absolute Gasteiger partial charge is 0.494 e. The first-order valence-electron chi connectivity index (χ1n) is 10.5. The van der Waals surface area contributed by atoms with Gasteiger partial charge in [-0.2, -0.15) is 0 Å². The van der Waals surface area contributed by atoms with Gasteiger partial charge in [-0.15, -0.1) is 0 Å². The van der Waals surface area contributed by atoms with Crippen LogP contribution >= 0.6 is 0 Å². The maximum atomic E-state index is 13.0. The fraction of sp³-hybridized carbons (Fsp3) is 0.333. The van der Waals surface area contributed by atoms with E-state index in [2.05, 4.69) is 17.2 Å². The van der Waals surface area contributed by atoms with Crippen LogP contribution in [0.1, 0.15) is 31.4 Å². The molecule has 0 fully saturated rings. The third-order valence-electron chi connectivity index (χ3n) is 4.91. The van der Waals surface area contributed by atoms with Gasteiger partial charge in [-0.25, -0.2) is 9.78 Å². The average Bonchev–Trinajstić information content (AvgIpc) is 3.28. The standard InChI is InChI=1S/C24H30N4O2/c1-3-20-6-10-22(11-7-20)26-24(29)28(16-5-15-27-17-14-25-19-27)18-21-8-12-23(13-9-21)30-4-2/h6-14,17,19H,3-5,15-16,18H2,1-2H3,(H,26,29). The van der Waals surface area contributed by atoms with Crippen LogP contribution in [0.2, 0.25) is 0 Å². The molecule has 2 aromatic carbocycles. The second-order valence-electron chi connectivity index (χ2n) is 7.13. The van der Waals surface area contributed by atoms with Gasteiger partial charge < -0.3 is 19.5 Å². The third-order valence-corrected chi connectivity index (χ3v) is 4.91. The zero-order valence-electron chi connectivity index (χ0n) is 17.8. The highest BCUT2D eigenvalue weighted by atomic mass is 16.5. The highest BCUT2D eigenvalue weighted by Gasteiger charge is 2.14. The molecule has 2 amide bonds. The molecule has 1 heterocycles. The monoisotopic (exact) mass is 406 g/mol. The van der Waals surface area contributed by atoms with E-state index in [-0.39, 0.29) is 6.03 Å². The summed E-state index contributed by atoms with van der Waals surface area (Å²) in [7, 11) is 0. The Morgan fingerprint density at radius 2 is 1.80 bits per heavy atom. The summed E-state index contributed by atoms with van der Waals surface area (Å²) in [5.41, 5.74) is 3.13. The molecule has 1 N–H and O–H groups in total. The molecule has 0 aliphatic heterocycles. The molecule has 3 aromatic rings. The Hall–Kier alpha value is -3.28. The quantitative estimate of drug-likeness (QED) is 0.517. The summed E-state index contributed by atoms with van der Waals surface area (Å²) < 4.78 is 7.54. The van der Waals surface area contributed by atoms with Crippen molar-refractivity contribution in [1.82, 2.24) is 14.5 Å². The lowest BCUT2D eigenvalue weighted by Crippen LogP contribution is -2.35. The van der Waals surface area contributed by atoms with Gasteiger partial charge >= 0.3 is 6.03 Å². The zero-order chi connectivity index (χ0) is 21.2. The molecule has 0 unspecified atom stereocenters. The Labute approximate surface area is 178 Å². The number of carbonyl (C=O) groups excluding carboxylic acids is 1. The molecular weight excluding hydrogens is 376 g/mol. The van der Waals surface area contributed by atoms with E-state index in [0.717, 1.165) is 36.4 Å². The summed E-state index contributed by atoms with van der Waals surface area (Å²) >= 11 is 0. The van der Waals surface area contributed by atoms with E-state index in [4.69, 9.17) is 4.74 Å². The van der Waals surface area contributed by atoms with Gasteiger partial charge in [-0.05, 0) is 55.2 Å². The first kappa shape index (κ1) is 21.4. The topological polar surface area (TPSA) is 59.4 Å². The van der Waals surface area contributed by atoms with Gasteiger partial charge in [0, 0.05) is 37.7 Å². The second kappa shape index (κ2) is 11.0. The fourth-order valence-corrected chi connectivity index (χ4v) is 3.22. The highest BCUT2D eigenvalue weighted by molar-refractivity contribution is 5.89. The SMILES string of the molecule is CCOc1ccc(CN(CCCn2ccnc2)C(=O)Nc2ccc(CC)cc2)cc1. The van der Waals surface area contributed by atoms with Gasteiger partial charge in [-0.1, -0.05) is 31.2 Å². The van der Waals surface area contributed by atoms with Crippen molar-refractivity contribution >= 4 is 11.7 Å². The molecule has 0 aliphatic rings. The number of anilines is 1. The van der Waals surface area contributed by atoms with E-state index in [1.54, 1.807) is 12.5 Å². The van der Waals surface area contributed by atoms with Crippen LogP contribution in [0.4, 0.5) is 10.5 Å². The predicted molar refractivity (Wildman–Crippen MR) is 120 cm³/mol. The molecule has 0 saturated heterocycles. The summed E-state index contributed by atoms with van der Waals surface area (Å²) in [4.78, 5) is 18.9. The lowest BCUT2D eigenvalue weighted by atomic mass is 10.1. The molecule has 6 nitrogen and oxygen atoms in total. The molecule has 158 valence electrons. The first-order chi connectivity index (χ1) is 14.7. The van der Waals surface area contributed by atoms with Gasteiger partial charge in [0.15, 0.2) is 0 Å². The Balaban J connectivity index is 1.65. The van der Waals surface area contributed by atoms with Crippen molar-refractivity contribution in [2.75, 3.05) is 18.5 Å². The van der Waals surface area contributed by atoms with Crippen LogP contribution in [-0.2, 0) is 19.5 Å². The Bertz CT molecular complexity index is 890. The number of nitrogens with one attached hydrogen (secondary N) is 1. The number of ether oxygens (including phenoxy) is 1. The Morgan fingerprint density at radius 1 is 1.07 bits per heavy atom. The van der Waals surface area contributed by atoms with E-state index < -0.39 is 0 Å².